The Labute approximate surface area is 143 Å². The smallest absolute Gasteiger partial charge is 0.411 e. The Hall–Kier alpha value is -1.84. The largest absolute Gasteiger partial charge is 0.461 e. The fourth-order valence-electron chi connectivity index (χ4n) is 1.92. The highest BCUT2D eigenvalue weighted by Crippen LogP contribution is 2.29. The minimum atomic E-state index is -0.729. The van der Waals surface area contributed by atoms with Gasteiger partial charge in [-0.2, -0.15) is 0 Å². The van der Waals surface area contributed by atoms with Crippen LogP contribution in [0, 0.1) is 5.82 Å². The first-order chi connectivity index (χ1) is 10.1. The van der Waals surface area contributed by atoms with Crippen LogP contribution in [0.1, 0.15) is 24.3 Å². The Morgan fingerprint density at radius 3 is 2.55 bits per heavy atom. The molecule has 0 saturated heterocycles. The van der Waals surface area contributed by atoms with Gasteiger partial charge >= 0.3 is 12.1 Å². The molecule has 0 atom stereocenters. The van der Waals surface area contributed by atoms with Crippen LogP contribution < -0.4 is 5.32 Å². The first-order valence-electron chi connectivity index (χ1n) is 6.49. The van der Waals surface area contributed by atoms with Crippen molar-refractivity contribution in [2.75, 3.05) is 18.5 Å². The van der Waals surface area contributed by atoms with Crippen molar-refractivity contribution in [3.8, 4) is 0 Å². The van der Waals surface area contributed by atoms with E-state index in [0.29, 0.717) is 10.9 Å². The van der Waals surface area contributed by atoms with Crippen molar-refractivity contribution < 1.29 is 23.5 Å². The summed E-state index contributed by atoms with van der Waals surface area (Å²) in [6.07, 6.45) is -0.729. The number of ether oxygens (including phenoxy) is 2. The summed E-state index contributed by atoms with van der Waals surface area (Å²) in [5, 5.41) is 2.81. The third-order valence-corrected chi connectivity index (χ3v) is 2.74. The summed E-state index contributed by atoms with van der Waals surface area (Å²) in [5.74, 6) is -1.12. The maximum Gasteiger partial charge on any atom is 0.411 e. The van der Waals surface area contributed by atoms with Gasteiger partial charge in [0, 0.05) is 10.9 Å². The predicted molar refractivity (Wildman–Crippen MR) is 90.3 cm³/mol. The van der Waals surface area contributed by atoms with Crippen LogP contribution in [0.25, 0.3) is 10.9 Å². The van der Waals surface area contributed by atoms with Crippen LogP contribution in [0.5, 0.6) is 0 Å². The van der Waals surface area contributed by atoms with E-state index < -0.39 is 17.9 Å². The molecule has 22 heavy (non-hydrogen) atoms. The maximum absolute atomic E-state index is 13.4. The molecule has 0 aliphatic carbocycles. The number of benzene rings is 1. The highest BCUT2D eigenvalue weighted by molar-refractivity contribution is 14.0. The number of carbonyl (C=O) groups is 2. The molecule has 2 rings (SSSR count). The fraction of sp³-hybridized carbons (Fsp3) is 0.286. The van der Waals surface area contributed by atoms with Crippen LogP contribution in [0.3, 0.4) is 0 Å². The molecule has 0 aliphatic heterocycles. The third kappa shape index (κ3) is 3.87. The Bertz CT molecular complexity index is 687. The molecule has 1 aromatic carbocycles. The SMILES string of the molecule is CCOC(=O)Nc1c(C(=O)OCC)[nH]c2ccc(F)cc12.I. The second kappa shape index (κ2) is 7.97. The molecule has 0 saturated carbocycles. The molecule has 0 fully saturated rings. The lowest BCUT2D eigenvalue weighted by Crippen LogP contribution is -2.16. The molecule has 1 aromatic heterocycles. The van der Waals surface area contributed by atoms with E-state index >= 15 is 0 Å². The van der Waals surface area contributed by atoms with Crippen molar-refractivity contribution in [1.82, 2.24) is 4.98 Å². The lowest BCUT2D eigenvalue weighted by molar-refractivity contribution is 0.0522. The first-order valence-corrected chi connectivity index (χ1v) is 6.49. The minimum Gasteiger partial charge on any atom is -0.461 e. The Kier molecular flexibility index (Phi) is 6.60. The number of fused-ring (bicyclic) bond motifs is 1. The van der Waals surface area contributed by atoms with E-state index in [1.165, 1.54) is 18.2 Å². The van der Waals surface area contributed by atoms with Gasteiger partial charge in [0.25, 0.3) is 0 Å². The molecule has 8 heteroatoms. The molecule has 1 amide bonds. The quantitative estimate of drug-likeness (QED) is 0.582. The fourth-order valence-corrected chi connectivity index (χ4v) is 1.92. The third-order valence-electron chi connectivity index (χ3n) is 2.74. The van der Waals surface area contributed by atoms with Gasteiger partial charge in [-0.3, -0.25) is 5.32 Å². The first kappa shape index (κ1) is 18.2. The van der Waals surface area contributed by atoms with Crippen molar-refractivity contribution in [2.45, 2.75) is 13.8 Å². The van der Waals surface area contributed by atoms with Gasteiger partial charge in [0.2, 0.25) is 0 Å². The van der Waals surface area contributed by atoms with Gasteiger partial charge in [0.1, 0.15) is 11.5 Å². The standard InChI is InChI=1S/C14H15FN2O4.HI/c1-3-20-13(18)12-11(17-14(19)21-4-2)9-7-8(15)5-6-10(9)16-12;/h5-7,16H,3-4H2,1-2H3,(H,17,19);1H. The minimum absolute atomic E-state index is 0. The lowest BCUT2D eigenvalue weighted by atomic mass is 10.2. The number of halogens is 2. The lowest BCUT2D eigenvalue weighted by Gasteiger charge is -2.07. The number of H-pyrrole nitrogens is 1. The van der Waals surface area contributed by atoms with E-state index in [4.69, 9.17) is 9.47 Å². The van der Waals surface area contributed by atoms with Crippen molar-refractivity contribution in [3.05, 3.63) is 29.7 Å². The second-order valence-corrected chi connectivity index (χ2v) is 4.13. The maximum atomic E-state index is 13.4. The van der Waals surface area contributed by atoms with E-state index in [-0.39, 0.29) is 48.6 Å². The molecule has 1 heterocycles. The number of esters is 1. The monoisotopic (exact) mass is 422 g/mol. The number of carbonyl (C=O) groups excluding carboxylic acids is 2. The van der Waals surface area contributed by atoms with Crippen LogP contribution in [0.2, 0.25) is 0 Å². The second-order valence-electron chi connectivity index (χ2n) is 4.13. The molecule has 0 spiro atoms. The Morgan fingerprint density at radius 2 is 1.91 bits per heavy atom. The number of hydrogen-bond acceptors (Lipinski definition) is 4. The van der Waals surface area contributed by atoms with E-state index in [2.05, 4.69) is 10.3 Å². The molecule has 2 aromatic rings. The van der Waals surface area contributed by atoms with Gasteiger partial charge in [0.05, 0.1) is 18.9 Å². The van der Waals surface area contributed by atoms with Crippen molar-refractivity contribution in [3.63, 3.8) is 0 Å². The summed E-state index contributed by atoms with van der Waals surface area (Å²) in [5.41, 5.74) is 0.693. The number of anilines is 1. The average molecular weight is 422 g/mol. The molecule has 2 N–H and O–H groups in total. The summed E-state index contributed by atoms with van der Waals surface area (Å²) in [4.78, 5) is 26.3. The van der Waals surface area contributed by atoms with Crippen LogP contribution in [-0.4, -0.2) is 30.3 Å². The molecule has 120 valence electrons. The van der Waals surface area contributed by atoms with Gasteiger partial charge in [-0.05, 0) is 32.0 Å². The molecule has 0 bridgehead atoms. The van der Waals surface area contributed by atoms with Crippen molar-refractivity contribution >= 4 is 52.6 Å². The van der Waals surface area contributed by atoms with Crippen molar-refractivity contribution in [2.24, 2.45) is 0 Å². The zero-order chi connectivity index (χ0) is 15.4. The molecule has 6 nitrogen and oxygen atoms in total. The van der Waals surface area contributed by atoms with Gasteiger partial charge in [-0.1, -0.05) is 0 Å². The number of hydrogen-bond donors (Lipinski definition) is 2. The van der Waals surface area contributed by atoms with Gasteiger partial charge < -0.3 is 14.5 Å². The summed E-state index contributed by atoms with van der Waals surface area (Å²) >= 11 is 0. The van der Waals surface area contributed by atoms with Crippen molar-refractivity contribution in [1.29, 1.82) is 0 Å². The summed E-state index contributed by atoms with van der Waals surface area (Å²) in [6, 6.07) is 3.95. The topological polar surface area (TPSA) is 80.4 Å². The normalized spacial score (nSPS) is 9.95. The Morgan fingerprint density at radius 1 is 1.23 bits per heavy atom. The molecule has 0 radical (unpaired) electrons. The van der Waals surface area contributed by atoms with Gasteiger partial charge in [0.15, 0.2) is 0 Å². The number of aromatic amines is 1. The summed E-state index contributed by atoms with van der Waals surface area (Å²) in [7, 11) is 0. The van der Waals surface area contributed by atoms with Crippen LogP contribution >= 0.6 is 24.0 Å². The molecular weight excluding hydrogens is 406 g/mol. The van der Waals surface area contributed by atoms with Gasteiger partial charge in [-0.25, -0.2) is 14.0 Å². The van der Waals surface area contributed by atoms with E-state index in [9.17, 15) is 14.0 Å². The molecule has 0 aliphatic rings. The number of rotatable bonds is 4. The average Bonchev–Trinajstić information content (AvgIpc) is 2.78. The molecule has 0 unspecified atom stereocenters. The van der Waals surface area contributed by atoms with Crippen LogP contribution in [0.4, 0.5) is 14.9 Å². The number of nitrogens with one attached hydrogen (secondary N) is 2. The van der Waals surface area contributed by atoms with E-state index in [1.807, 2.05) is 0 Å². The van der Waals surface area contributed by atoms with E-state index in [0.717, 1.165) is 0 Å². The zero-order valence-corrected chi connectivity index (χ0v) is 14.4. The van der Waals surface area contributed by atoms with Crippen LogP contribution in [0.15, 0.2) is 18.2 Å². The number of amides is 1. The van der Waals surface area contributed by atoms with Crippen LogP contribution in [-0.2, 0) is 9.47 Å². The van der Waals surface area contributed by atoms with E-state index in [1.54, 1.807) is 13.8 Å². The Balaban J connectivity index is 0.00000242. The van der Waals surface area contributed by atoms with Gasteiger partial charge in [-0.15, -0.1) is 24.0 Å². The summed E-state index contributed by atoms with van der Waals surface area (Å²) in [6.45, 7) is 3.68. The molecular formula is C14H16FIN2O4. The highest BCUT2D eigenvalue weighted by atomic mass is 127. The zero-order valence-electron chi connectivity index (χ0n) is 12.1. The number of aromatic nitrogens is 1. The predicted octanol–water partition coefficient (Wildman–Crippen LogP) is 3.67. The highest BCUT2D eigenvalue weighted by Gasteiger charge is 2.21. The summed E-state index contributed by atoms with van der Waals surface area (Å²) < 4.78 is 23.1.